The third kappa shape index (κ3) is 2.92. The van der Waals surface area contributed by atoms with Crippen molar-refractivity contribution in [3.63, 3.8) is 0 Å². The number of amides is 1. The molecule has 1 heterocycles. The molecule has 2 aliphatic rings. The first-order valence-electron chi connectivity index (χ1n) is 8.01. The number of carbonyl (C=O) groups is 1. The predicted octanol–water partition coefficient (Wildman–Crippen LogP) is 4.29. The van der Waals surface area contributed by atoms with Crippen molar-refractivity contribution in [3.05, 3.63) is 33.8 Å². The van der Waals surface area contributed by atoms with E-state index in [1.165, 1.54) is 4.90 Å². The van der Waals surface area contributed by atoms with Crippen molar-refractivity contribution in [1.29, 1.82) is 0 Å². The van der Waals surface area contributed by atoms with E-state index in [0.29, 0.717) is 48.2 Å². The quantitative estimate of drug-likeness (QED) is 0.799. The Hall–Kier alpha value is -0.970. The highest BCUT2D eigenvalue weighted by Gasteiger charge is 2.66. The lowest BCUT2D eigenvalue weighted by molar-refractivity contribution is 0.131. The molecule has 0 aromatic heterocycles. The summed E-state index contributed by atoms with van der Waals surface area (Å²) in [6.45, 7) is 4.55. The van der Waals surface area contributed by atoms with Gasteiger partial charge < -0.3 is 14.7 Å². The van der Waals surface area contributed by atoms with Crippen LogP contribution in [-0.2, 0) is 10.2 Å². The maximum absolute atomic E-state index is 11.3. The number of fused-ring (bicyclic) bond motifs is 1. The van der Waals surface area contributed by atoms with Crippen LogP contribution in [0.3, 0.4) is 0 Å². The molecule has 0 bridgehead atoms. The van der Waals surface area contributed by atoms with Crippen LogP contribution in [0.25, 0.3) is 0 Å². The van der Waals surface area contributed by atoms with Crippen LogP contribution in [0.1, 0.15) is 25.3 Å². The van der Waals surface area contributed by atoms with E-state index >= 15 is 0 Å². The van der Waals surface area contributed by atoms with Gasteiger partial charge in [-0.3, -0.25) is 0 Å². The standard InChI is InChI=1S/C17H21Cl2NO3/c1-2-23-8-6-17(11-3-4-14(18)15(19)9-11)12-5-7-20(16(21)22)10-13(12)17/h3-4,9,12-13H,2,5-8,10H2,1H3,(H,21,22)/t12-,13+,17-/m0/s1. The number of hydrogen-bond donors (Lipinski definition) is 1. The maximum atomic E-state index is 11.3. The van der Waals surface area contributed by atoms with Gasteiger partial charge in [0.1, 0.15) is 0 Å². The van der Waals surface area contributed by atoms with E-state index in [9.17, 15) is 9.90 Å². The molecular weight excluding hydrogens is 337 g/mol. The van der Waals surface area contributed by atoms with Gasteiger partial charge >= 0.3 is 6.09 Å². The lowest BCUT2D eigenvalue weighted by Crippen LogP contribution is -2.35. The van der Waals surface area contributed by atoms with Gasteiger partial charge in [0.05, 0.1) is 10.0 Å². The number of carboxylic acid groups (broad SMARTS) is 1. The summed E-state index contributed by atoms with van der Waals surface area (Å²) in [6, 6.07) is 5.81. The first-order valence-corrected chi connectivity index (χ1v) is 8.77. The van der Waals surface area contributed by atoms with E-state index < -0.39 is 6.09 Å². The number of hydrogen-bond acceptors (Lipinski definition) is 2. The highest BCUT2D eigenvalue weighted by atomic mass is 35.5. The highest BCUT2D eigenvalue weighted by molar-refractivity contribution is 6.42. The normalized spacial score (nSPS) is 29.3. The lowest BCUT2D eigenvalue weighted by Gasteiger charge is -2.22. The topological polar surface area (TPSA) is 49.8 Å². The molecule has 3 rings (SSSR count). The zero-order chi connectivity index (χ0) is 16.6. The minimum Gasteiger partial charge on any atom is -0.465 e. The summed E-state index contributed by atoms with van der Waals surface area (Å²) in [6.07, 6.45) is 0.952. The fraction of sp³-hybridized carbons (Fsp3) is 0.588. The molecule has 1 aromatic carbocycles. The van der Waals surface area contributed by atoms with Crippen LogP contribution in [0.15, 0.2) is 18.2 Å². The maximum Gasteiger partial charge on any atom is 0.407 e. The van der Waals surface area contributed by atoms with Crippen molar-refractivity contribution in [2.24, 2.45) is 11.8 Å². The van der Waals surface area contributed by atoms with E-state index in [0.717, 1.165) is 18.4 Å². The summed E-state index contributed by atoms with van der Waals surface area (Å²) >= 11 is 12.3. The second-order valence-electron chi connectivity index (χ2n) is 6.35. The van der Waals surface area contributed by atoms with Crippen LogP contribution in [0.2, 0.25) is 10.0 Å². The number of nitrogens with zero attached hydrogens (tertiary/aromatic N) is 1. The zero-order valence-corrected chi connectivity index (χ0v) is 14.6. The first kappa shape index (κ1) is 16.9. The number of likely N-dealkylation sites (tertiary alicyclic amines) is 1. The second-order valence-corrected chi connectivity index (χ2v) is 7.16. The summed E-state index contributed by atoms with van der Waals surface area (Å²) in [5.74, 6) is 0.834. The Labute approximate surface area is 146 Å². The predicted molar refractivity (Wildman–Crippen MR) is 90.4 cm³/mol. The zero-order valence-electron chi connectivity index (χ0n) is 13.1. The van der Waals surface area contributed by atoms with Crippen molar-refractivity contribution in [2.45, 2.75) is 25.2 Å². The van der Waals surface area contributed by atoms with Gasteiger partial charge in [0.25, 0.3) is 0 Å². The molecule has 3 atom stereocenters. The molecule has 1 N–H and O–H groups in total. The van der Waals surface area contributed by atoms with Crippen LogP contribution >= 0.6 is 23.2 Å². The number of rotatable bonds is 5. The molecule has 1 amide bonds. The van der Waals surface area contributed by atoms with E-state index in [4.69, 9.17) is 27.9 Å². The van der Waals surface area contributed by atoms with Gasteiger partial charge in [0, 0.05) is 31.7 Å². The third-order valence-electron chi connectivity index (χ3n) is 5.42. The largest absolute Gasteiger partial charge is 0.465 e. The molecule has 1 aliphatic heterocycles. The number of ether oxygens (including phenoxy) is 1. The van der Waals surface area contributed by atoms with Gasteiger partial charge in [-0.15, -0.1) is 0 Å². The minimum atomic E-state index is -0.830. The Balaban J connectivity index is 1.87. The fourth-order valence-corrected chi connectivity index (χ4v) is 4.56. The van der Waals surface area contributed by atoms with E-state index in [1.54, 1.807) is 0 Å². The van der Waals surface area contributed by atoms with Crippen LogP contribution in [0, 0.1) is 11.8 Å². The third-order valence-corrected chi connectivity index (χ3v) is 6.16. The molecule has 1 aromatic rings. The Bertz CT molecular complexity index is 610. The van der Waals surface area contributed by atoms with Crippen molar-refractivity contribution in [1.82, 2.24) is 4.90 Å². The number of piperidine rings is 1. The van der Waals surface area contributed by atoms with Gasteiger partial charge in [-0.2, -0.15) is 0 Å². The fourth-order valence-electron chi connectivity index (χ4n) is 4.27. The average molecular weight is 358 g/mol. The Morgan fingerprint density at radius 3 is 2.83 bits per heavy atom. The van der Waals surface area contributed by atoms with Crippen molar-refractivity contribution >= 4 is 29.3 Å². The Morgan fingerprint density at radius 2 is 2.17 bits per heavy atom. The molecule has 0 unspecified atom stereocenters. The average Bonchev–Trinajstić information content (AvgIpc) is 3.18. The van der Waals surface area contributed by atoms with E-state index in [1.807, 2.05) is 25.1 Å². The summed E-state index contributed by atoms with van der Waals surface area (Å²) in [4.78, 5) is 12.8. The first-order chi connectivity index (χ1) is 11.0. The highest BCUT2D eigenvalue weighted by Crippen LogP contribution is 2.65. The van der Waals surface area contributed by atoms with Crippen LogP contribution in [-0.4, -0.2) is 42.4 Å². The molecule has 126 valence electrons. The van der Waals surface area contributed by atoms with Gasteiger partial charge in [-0.25, -0.2) is 4.79 Å². The molecule has 1 saturated heterocycles. The SMILES string of the molecule is CCOCC[C@@]1(c2ccc(Cl)c(Cl)c2)[C@@H]2CN(C(=O)O)CC[C@@H]21. The molecule has 2 fully saturated rings. The summed E-state index contributed by atoms with van der Waals surface area (Å²) < 4.78 is 5.58. The van der Waals surface area contributed by atoms with E-state index in [-0.39, 0.29) is 5.41 Å². The van der Waals surface area contributed by atoms with Crippen LogP contribution in [0.4, 0.5) is 4.79 Å². The summed E-state index contributed by atoms with van der Waals surface area (Å²) in [5.41, 5.74) is 1.13. The van der Waals surface area contributed by atoms with Crippen LogP contribution < -0.4 is 0 Å². The summed E-state index contributed by atoms with van der Waals surface area (Å²) in [7, 11) is 0. The van der Waals surface area contributed by atoms with Gasteiger partial charge in [-0.1, -0.05) is 29.3 Å². The molecule has 4 nitrogen and oxygen atoms in total. The monoisotopic (exact) mass is 357 g/mol. The van der Waals surface area contributed by atoms with Crippen molar-refractivity contribution in [3.8, 4) is 0 Å². The number of halogens is 2. The van der Waals surface area contributed by atoms with Crippen molar-refractivity contribution in [2.75, 3.05) is 26.3 Å². The molecular formula is C17H21Cl2NO3. The molecule has 0 radical (unpaired) electrons. The minimum absolute atomic E-state index is 0.0341. The lowest BCUT2D eigenvalue weighted by atomic mass is 9.88. The summed E-state index contributed by atoms with van der Waals surface area (Å²) in [5, 5.41) is 10.4. The molecule has 1 aliphatic carbocycles. The van der Waals surface area contributed by atoms with Gasteiger partial charge in [-0.05, 0) is 49.3 Å². The Kier molecular flexibility index (Phi) is 4.77. The molecule has 1 saturated carbocycles. The van der Waals surface area contributed by atoms with Gasteiger partial charge in [0.2, 0.25) is 0 Å². The van der Waals surface area contributed by atoms with Crippen molar-refractivity contribution < 1.29 is 14.6 Å². The molecule has 23 heavy (non-hydrogen) atoms. The van der Waals surface area contributed by atoms with E-state index in [2.05, 4.69) is 0 Å². The smallest absolute Gasteiger partial charge is 0.407 e. The molecule has 6 heteroatoms. The van der Waals surface area contributed by atoms with Gasteiger partial charge in [0.15, 0.2) is 0 Å². The molecule has 0 spiro atoms. The second kappa shape index (κ2) is 6.50. The van der Waals surface area contributed by atoms with Crippen LogP contribution in [0.5, 0.6) is 0 Å². The number of benzene rings is 1. The Morgan fingerprint density at radius 1 is 1.39 bits per heavy atom.